The number of carbonyl (C=O) groups excluding carboxylic acids is 1. The van der Waals surface area contributed by atoms with E-state index in [9.17, 15) is 4.79 Å². The summed E-state index contributed by atoms with van der Waals surface area (Å²) in [5.41, 5.74) is 8.39. The molecule has 0 aliphatic carbocycles. The number of hydrogen-bond donors (Lipinski definition) is 1. The zero-order valence-electron chi connectivity index (χ0n) is 11.3. The SMILES string of the molecule is NC(=O)c1cccc2c1ccc1c3c(ccc12)C=COC3. The number of carbonyl (C=O) groups is 1. The maximum atomic E-state index is 11.6. The van der Waals surface area contributed by atoms with Crippen molar-refractivity contribution in [2.24, 2.45) is 5.73 Å². The van der Waals surface area contributed by atoms with Crippen LogP contribution in [0.25, 0.3) is 27.6 Å². The number of ether oxygens (including phenoxy) is 1. The highest BCUT2D eigenvalue weighted by Gasteiger charge is 2.13. The molecule has 2 N–H and O–H groups in total. The Morgan fingerprint density at radius 3 is 2.57 bits per heavy atom. The van der Waals surface area contributed by atoms with E-state index in [0.29, 0.717) is 12.2 Å². The predicted octanol–water partition coefficient (Wildman–Crippen LogP) is 3.59. The van der Waals surface area contributed by atoms with E-state index in [1.807, 2.05) is 30.3 Å². The third kappa shape index (κ3) is 1.71. The number of amides is 1. The van der Waals surface area contributed by atoms with E-state index in [0.717, 1.165) is 21.5 Å². The lowest BCUT2D eigenvalue weighted by atomic mass is 9.93. The molecule has 0 bridgehead atoms. The Kier molecular flexibility index (Phi) is 2.48. The molecule has 3 heteroatoms. The number of nitrogens with two attached hydrogens (primary N) is 1. The van der Waals surface area contributed by atoms with Crippen LogP contribution in [-0.2, 0) is 11.3 Å². The van der Waals surface area contributed by atoms with Gasteiger partial charge in [-0.3, -0.25) is 4.79 Å². The highest BCUT2D eigenvalue weighted by Crippen LogP contribution is 2.33. The summed E-state index contributed by atoms with van der Waals surface area (Å²) in [7, 11) is 0. The second-order valence-electron chi connectivity index (χ2n) is 5.17. The molecule has 1 amide bonds. The van der Waals surface area contributed by atoms with E-state index in [-0.39, 0.29) is 0 Å². The molecule has 0 saturated heterocycles. The lowest BCUT2D eigenvalue weighted by Crippen LogP contribution is -2.11. The minimum absolute atomic E-state index is 0.399. The zero-order chi connectivity index (χ0) is 14.4. The third-order valence-electron chi connectivity index (χ3n) is 4.04. The quantitative estimate of drug-likeness (QED) is 0.690. The van der Waals surface area contributed by atoms with Gasteiger partial charge in [0.1, 0.15) is 6.61 Å². The van der Waals surface area contributed by atoms with Crippen molar-refractivity contribution >= 4 is 33.5 Å². The van der Waals surface area contributed by atoms with E-state index >= 15 is 0 Å². The van der Waals surface area contributed by atoms with Gasteiger partial charge in [0, 0.05) is 11.1 Å². The Labute approximate surface area is 121 Å². The van der Waals surface area contributed by atoms with Gasteiger partial charge in [0.2, 0.25) is 5.91 Å². The van der Waals surface area contributed by atoms with Gasteiger partial charge >= 0.3 is 0 Å². The van der Waals surface area contributed by atoms with Crippen molar-refractivity contribution in [3.63, 3.8) is 0 Å². The molecule has 3 nitrogen and oxygen atoms in total. The molecule has 0 fully saturated rings. The van der Waals surface area contributed by atoms with Gasteiger partial charge in [0.25, 0.3) is 0 Å². The lowest BCUT2D eigenvalue weighted by molar-refractivity contribution is 0.100. The summed E-state index contributed by atoms with van der Waals surface area (Å²) in [5, 5.41) is 4.21. The highest BCUT2D eigenvalue weighted by molar-refractivity contribution is 6.15. The van der Waals surface area contributed by atoms with E-state index in [1.54, 1.807) is 12.3 Å². The Balaban J connectivity index is 2.14. The summed E-state index contributed by atoms with van der Waals surface area (Å²) in [6.45, 7) is 0.574. The Bertz CT molecular complexity index is 925. The molecule has 1 aliphatic heterocycles. The van der Waals surface area contributed by atoms with Gasteiger partial charge < -0.3 is 10.5 Å². The summed E-state index contributed by atoms with van der Waals surface area (Å²) in [6.07, 6.45) is 3.70. The molecule has 3 aromatic carbocycles. The largest absolute Gasteiger partial charge is 0.496 e. The highest BCUT2D eigenvalue weighted by atomic mass is 16.5. The number of benzene rings is 3. The van der Waals surface area contributed by atoms with Gasteiger partial charge in [-0.15, -0.1) is 0 Å². The van der Waals surface area contributed by atoms with Crippen LogP contribution in [-0.4, -0.2) is 5.91 Å². The average molecular weight is 275 g/mol. The number of rotatable bonds is 1. The van der Waals surface area contributed by atoms with Gasteiger partial charge in [-0.05, 0) is 39.3 Å². The standard InChI is InChI=1S/C18H13NO2/c19-18(20)16-3-1-2-12-13-5-4-11-8-9-21-10-17(11)15(13)7-6-14(12)16/h1-9H,10H2,(H2,19,20). The smallest absolute Gasteiger partial charge is 0.249 e. The molecule has 1 aliphatic rings. The van der Waals surface area contributed by atoms with Crippen LogP contribution in [0.5, 0.6) is 0 Å². The normalized spacial score (nSPS) is 13.1. The van der Waals surface area contributed by atoms with Crippen molar-refractivity contribution in [2.75, 3.05) is 0 Å². The molecule has 0 radical (unpaired) electrons. The number of fused-ring (bicyclic) bond motifs is 5. The fraction of sp³-hybridized carbons (Fsp3) is 0.0556. The molecule has 102 valence electrons. The number of hydrogen-bond acceptors (Lipinski definition) is 2. The first-order valence-corrected chi connectivity index (χ1v) is 6.81. The van der Waals surface area contributed by atoms with Crippen molar-refractivity contribution < 1.29 is 9.53 Å². The summed E-state index contributed by atoms with van der Waals surface area (Å²) < 4.78 is 5.42. The van der Waals surface area contributed by atoms with Crippen molar-refractivity contribution in [1.82, 2.24) is 0 Å². The Hall–Kier alpha value is -2.81. The number of primary amides is 1. The fourth-order valence-corrected chi connectivity index (χ4v) is 3.04. The van der Waals surface area contributed by atoms with E-state index < -0.39 is 5.91 Å². The molecule has 0 unspecified atom stereocenters. The first kappa shape index (κ1) is 12.0. The van der Waals surface area contributed by atoms with Crippen molar-refractivity contribution in [3.05, 3.63) is 65.4 Å². The fourth-order valence-electron chi connectivity index (χ4n) is 3.04. The third-order valence-corrected chi connectivity index (χ3v) is 4.04. The molecule has 1 heterocycles. The summed E-state index contributed by atoms with van der Waals surface area (Å²) in [5.74, 6) is -0.399. The van der Waals surface area contributed by atoms with Gasteiger partial charge in [0.15, 0.2) is 0 Å². The van der Waals surface area contributed by atoms with Gasteiger partial charge in [-0.2, -0.15) is 0 Å². The Morgan fingerprint density at radius 1 is 0.952 bits per heavy atom. The summed E-state index contributed by atoms with van der Waals surface area (Å²) >= 11 is 0. The maximum Gasteiger partial charge on any atom is 0.249 e. The Morgan fingerprint density at radius 2 is 1.71 bits per heavy atom. The zero-order valence-corrected chi connectivity index (χ0v) is 11.3. The second-order valence-corrected chi connectivity index (χ2v) is 5.17. The average Bonchev–Trinajstić information content (AvgIpc) is 2.53. The second kappa shape index (κ2) is 4.35. The molecule has 0 saturated carbocycles. The molecular formula is C18H13NO2. The maximum absolute atomic E-state index is 11.6. The van der Waals surface area contributed by atoms with Crippen LogP contribution >= 0.6 is 0 Å². The van der Waals surface area contributed by atoms with Crippen LogP contribution in [0.3, 0.4) is 0 Å². The molecule has 4 rings (SSSR count). The van der Waals surface area contributed by atoms with E-state index in [4.69, 9.17) is 10.5 Å². The molecule has 21 heavy (non-hydrogen) atoms. The summed E-state index contributed by atoms with van der Waals surface area (Å²) in [4.78, 5) is 11.6. The van der Waals surface area contributed by atoms with E-state index in [2.05, 4.69) is 12.1 Å². The minimum Gasteiger partial charge on any atom is -0.496 e. The van der Waals surface area contributed by atoms with Crippen molar-refractivity contribution in [1.29, 1.82) is 0 Å². The first-order chi connectivity index (χ1) is 10.3. The van der Waals surface area contributed by atoms with Crippen LogP contribution in [0.4, 0.5) is 0 Å². The molecule has 3 aromatic rings. The monoisotopic (exact) mass is 275 g/mol. The van der Waals surface area contributed by atoms with Crippen LogP contribution in [0, 0.1) is 0 Å². The molecule has 0 aromatic heterocycles. The van der Waals surface area contributed by atoms with Gasteiger partial charge in [-0.25, -0.2) is 0 Å². The lowest BCUT2D eigenvalue weighted by Gasteiger charge is -2.16. The van der Waals surface area contributed by atoms with Crippen LogP contribution in [0.1, 0.15) is 21.5 Å². The van der Waals surface area contributed by atoms with Crippen LogP contribution in [0.15, 0.2) is 48.7 Å². The van der Waals surface area contributed by atoms with Crippen molar-refractivity contribution in [3.8, 4) is 0 Å². The van der Waals surface area contributed by atoms with Gasteiger partial charge in [0.05, 0.1) is 6.26 Å². The minimum atomic E-state index is -0.399. The van der Waals surface area contributed by atoms with Crippen molar-refractivity contribution in [2.45, 2.75) is 6.61 Å². The topological polar surface area (TPSA) is 52.3 Å². The van der Waals surface area contributed by atoms with Crippen LogP contribution < -0.4 is 5.73 Å². The van der Waals surface area contributed by atoms with Crippen LogP contribution in [0.2, 0.25) is 0 Å². The molecule has 0 atom stereocenters. The first-order valence-electron chi connectivity index (χ1n) is 6.81. The molecule has 0 spiro atoms. The van der Waals surface area contributed by atoms with Gasteiger partial charge in [-0.1, -0.05) is 36.4 Å². The molecular weight excluding hydrogens is 262 g/mol. The summed E-state index contributed by atoms with van der Waals surface area (Å²) in [6, 6.07) is 13.9. The van der Waals surface area contributed by atoms with E-state index in [1.165, 1.54) is 11.1 Å². The predicted molar refractivity (Wildman–Crippen MR) is 83.8 cm³/mol.